The van der Waals surface area contributed by atoms with Crippen LogP contribution in [0, 0.1) is 0 Å². The van der Waals surface area contributed by atoms with Gasteiger partial charge >= 0.3 is 59.7 Å². The molecule has 29 heteroatoms. The Kier molecular flexibility index (Phi) is 24.7. The molecule has 1 amide bonds. The van der Waals surface area contributed by atoms with E-state index in [9.17, 15) is 52.7 Å². The molecular weight excluding hydrogens is 1010 g/mol. The Balaban J connectivity index is 2.27. The Hall–Kier alpha value is -5.72. The van der Waals surface area contributed by atoms with Crippen molar-refractivity contribution < 1.29 is 129 Å². The molecule has 0 saturated carbocycles. The van der Waals surface area contributed by atoms with Crippen LogP contribution >= 0.6 is 11.8 Å². The lowest BCUT2D eigenvalue weighted by atomic mass is 9.94. The average Bonchev–Trinajstić information content (AvgIpc) is 3.27. The van der Waals surface area contributed by atoms with Crippen LogP contribution in [-0.4, -0.2) is 202 Å². The molecule has 1 N–H and O–H groups in total. The number of carbonyl (C=O) groups is 11. The fourth-order valence-corrected chi connectivity index (χ4v) is 8.40. The maximum Gasteiger partial charge on any atom is 0.318 e. The number of esters is 10. The summed E-state index contributed by atoms with van der Waals surface area (Å²) in [5.74, 6) is -9.53. The van der Waals surface area contributed by atoms with E-state index in [4.69, 9.17) is 75.8 Å². The molecule has 16 atom stereocenters. The molecule has 0 bridgehead atoms. The topological polar surface area (TPSA) is 347 Å². The minimum absolute atomic E-state index is 0.131. The summed E-state index contributed by atoms with van der Waals surface area (Å²) in [6.07, 6.45) is -24.6. The van der Waals surface area contributed by atoms with E-state index < -0.39 is 183 Å². The molecule has 0 aromatic carbocycles. The van der Waals surface area contributed by atoms with Gasteiger partial charge in [-0.25, -0.2) is 0 Å². The van der Waals surface area contributed by atoms with Crippen molar-refractivity contribution >= 4 is 77.4 Å². The third kappa shape index (κ3) is 19.6. The van der Waals surface area contributed by atoms with Gasteiger partial charge in [-0.2, -0.15) is 0 Å². The highest BCUT2D eigenvalue weighted by atomic mass is 32.2. The van der Waals surface area contributed by atoms with Gasteiger partial charge < -0.3 is 81.1 Å². The van der Waals surface area contributed by atoms with Crippen LogP contribution in [0.5, 0.6) is 0 Å². The van der Waals surface area contributed by atoms with E-state index in [1.807, 2.05) is 0 Å². The summed E-state index contributed by atoms with van der Waals surface area (Å²) in [6, 6.07) is -1.43. The van der Waals surface area contributed by atoms with Crippen LogP contribution in [-0.2, 0) is 129 Å². The zero-order valence-electron chi connectivity index (χ0n) is 42.2. The summed E-state index contributed by atoms with van der Waals surface area (Å²) >= 11 is 1.16. The second kappa shape index (κ2) is 29.2. The summed E-state index contributed by atoms with van der Waals surface area (Å²) in [7, 11) is 1.23. The number of ether oxygens (including phenoxy) is 16. The quantitative estimate of drug-likeness (QED) is 0.0730. The van der Waals surface area contributed by atoms with Crippen LogP contribution in [0.25, 0.3) is 0 Å². The Bertz CT molecular complexity index is 1980. The molecule has 0 spiro atoms. The van der Waals surface area contributed by atoms with Crippen molar-refractivity contribution in [1.82, 2.24) is 5.32 Å². The minimum atomic E-state index is -2.01. The molecule has 0 aliphatic carbocycles. The van der Waals surface area contributed by atoms with Crippen LogP contribution < -0.4 is 5.32 Å². The van der Waals surface area contributed by atoms with Crippen LogP contribution in [0.3, 0.4) is 0 Å². The molecule has 0 aromatic heterocycles. The highest BCUT2D eigenvalue weighted by Crippen LogP contribution is 2.38. The first-order valence-electron chi connectivity index (χ1n) is 22.5. The number of hydrogen-bond donors (Lipinski definition) is 1. The number of rotatable bonds is 23. The maximum atomic E-state index is 13.1. The lowest BCUT2D eigenvalue weighted by Crippen LogP contribution is -2.70. The van der Waals surface area contributed by atoms with Crippen LogP contribution in [0.1, 0.15) is 76.2 Å². The van der Waals surface area contributed by atoms with Crippen molar-refractivity contribution in [3.8, 4) is 0 Å². The zero-order valence-corrected chi connectivity index (χ0v) is 43.0. The lowest BCUT2D eigenvalue weighted by Gasteiger charge is -2.50. The van der Waals surface area contributed by atoms with Crippen LogP contribution in [0.2, 0.25) is 0 Å². The van der Waals surface area contributed by atoms with Crippen molar-refractivity contribution in [2.45, 2.75) is 173 Å². The van der Waals surface area contributed by atoms with Gasteiger partial charge in [-0.3, -0.25) is 52.7 Å². The molecule has 0 aromatic rings. The summed E-state index contributed by atoms with van der Waals surface area (Å²) in [5.41, 5.74) is 0. The van der Waals surface area contributed by atoms with Gasteiger partial charge in [-0.1, -0.05) is 0 Å². The Morgan fingerprint density at radius 2 is 0.795 bits per heavy atom. The van der Waals surface area contributed by atoms with Crippen LogP contribution in [0.15, 0.2) is 0 Å². The molecular formula is C44H63NO27S. The van der Waals surface area contributed by atoms with Gasteiger partial charge in [0.15, 0.2) is 55.5 Å². The monoisotopic (exact) mass is 1070 g/mol. The summed E-state index contributed by atoms with van der Waals surface area (Å²) in [6.45, 7) is 9.51. The molecule has 73 heavy (non-hydrogen) atoms. The third-order valence-corrected chi connectivity index (χ3v) is 11.3. The van der Waals surface area contributed by atoms with E-state index in [2.05, 4.69) is 5.32 Å². The number of amides is 1. The molecule has 3 aliphatic rings. The number of hydrogen-bond acceptors (Lipinski definition) is 28. The highest BCUT2D eigenvalue weighted by molar-refractivity contribution is 8.00. The van der Waals surface area contributed by atoms with E-state index in [-0.39, 0.29) is 12.4 Å². The van der Waals surface area contributed by atoms with Gasteiger partial charge in [0.05, 0.1) is 19.0 Å². The normalized spacial score (nSPS) is 30.1. The van der Waals surface area contributed by atoms with Crippen molar-refractivity contribution in [3.05, 3.63) is 0 Å². The molecule has 1 unspecified atom stereocenters. The SMILES string of the molecule is COC(=O)C(C)SCCO[C@@H]1O[C@H](COC(C)=O)[C@@H](O[C@@H]2O[C@H](COC(C)=O)[C@H](O[C@H]3O[C@H](COC(C)=O)[C@H](OC(C)=O)[C@H](OC(C)=O)[C@H]3OC(C)=O)[C@H](OC(C)=O)[C@H]2OC(C)=O)[C@H](OC(C)=O)[C@H]1NC(C)=O. The Labute approximate surface area is 423 Å². The molecule has 28 nitrogen and oxygen atoms in total. The molecule has 3 heterocycles. The van der Waals surface area contributed by atoms with Gasteiger partial charge in [0.2, 0.25) is 5.91 Å². The van der Waals surface area contributed by atoms with E-state index in [0.717, 1.165) is 81.0 Å². The van der Waals surface area contributed by atoms with Crippen molar-refractivity contribution in [1.29, 1.82) is 0 Å². The molecule has 3 aliphatic heterocycles. The van der Waals surface area contributed by atoms with Gasteiger partial charge in [0, 0.05) is 75.0 Å². The summed E-state index contributed by atoms with van der Waals surface area (Å²) in [5, 5.41) is 2.01. The molecule has 412 valence electrons. The first-order chi connectivity index (χ1) is 34.2. The van der Waals surface area contributed by atoms with E-state index in [0.29, 0.717) is 0 Å². The first-order valence-corrected chi connectivity index (χ1v) is 23.6. The molecule has 3 rings (SSSR count). The fraction of sp³-hybridized carbons (Fsp3) is 0.750. The van der Waals surface area contributed by atoms with Crippen molar-refractivity contribution in [3.63, 3.8) is 0 Å². The standard InChI is InChI=1S/C44H63NO27S/c1-18(41(56)57-12)73-14-13-58-42-32(45-19(2)46)36(63-24(7)51)33(29(68-42)15-59-20(3)47)71-43-40(67-28(11)55)38(65-26(9)53)35(31(70-43)17-61-22(5)49)72-44-39(66-27(10)54)37(64-25(8)52)34(62-23(6)50)30(69-44)16-60-21(4)48/h18,29-40,42-44H,13-17H2,1-12H3,(H,45,46)/t18?,29-,30-,31-,32-,33-,34+,35+,36-,37+,38+,39-,40-,42-,43+,44-/m1/s1. The number of nitrogens with one attached hydrogen (secondary N) is 1. The van der Waals surface area contributed by atoms with Gasteiger partial charge in [0.25, 0.3) is 0 Å². The summed E-state index contributed by atoms with van der Waals surface area (Å²) in [4.78, 5) is 138. The smallest absolute Gasteiger partial charge is 0.318 e. The van der Waals surface area contributed by atoms with Gasteiger partial charge in [-0.05, 0) is 6.92 Å². The van der Waals surface area contributed by atoms with E-state index in [1.165, 1.54) is 7.11 Å². The van der Waals surface area contributed by atoms with E-state index >= 15 is 0 Å². The molecule has 3 saturated heterocycles. The van der Waals surface area contributed by atoms with Gasteiger partial charge in [0.1, 0.15) is 56.4 Å². The fourth-order valence-electron chi connectivity index (χ4n) is 7.62. The lowest BCUT2D eigenvalue weighted by molar-refractivity contribution is -0.375. The zero-order chi connectivity index (χ0) is 54.9. The maximum absolute atomic E-state index is 13.1. The minimum Gasteiger partial charge on any atom is -0.468 e. The first kappa shape index (κ1) is 61.6. The number of carbonyl (C=O) groups excluding carboxylic acids is 11. The molecule has 0 radical (unpaired) electrons. The van der Waals surface area contributed by atoms with E-state index in [1.54, 1.807) is 6.92 Å². The van der Waals surface area contributed by atoms with Crippen molar-refractivity contribution in [2.75, 3.05) is 39.3 Å². The highest BCUT2D eigenvalue weighted by Gasteiger charge is 2.59. The number of thioether (sulfide) groups is 1. The third-order valence-electron chi connectivity index (χ3n) is 10.2. The summed E-state index contributed by atoms with van der Waals surface area (Å²) < 4.78 is 92.0. The average molecular weight is 1070 g/mol. The Morgan fingerprint density at radius 1 is 0.452 bits per heavy atom. The van der Waals surface area contributed by atoms with Crippen LogP contribution in [0.4, 0.5) is 0 Å². The predicted octanol–water partition coefficient (Wildman–Crippen LogP) is -0.973. The van der Waals surface area contributed by atoms with Crippen molar-refractivity contribution in [2.24, 2.45) is 0 Å². The Morgan fingerprint density at radius 3 is 1.18 bits per heavy atom. The number of methoxy groups -OCH3 is 1. The predicted molar refractivity (Wildman–Crippen MR) is 236 cm³/mol. The second-order valence-corrected chi connectivity index (χ2v) is 17.8. The van der Waals surface area contributed by atoms with Gasteiger partial charge in [-0.15, -0.1) is 11.8 Å². The molecule has 3 fully saturated rings. The largest absolute Gasteiger partial charge is 0.468 e. The second-order valence-electron chi connectivity index (χ2n) is 16.3.